The molecule has 0 radical (unpaired) electrons. The van der Waals surface area contributed by atoms with Crippen LogP contribution in [0.5, 0.6) is 0 Å². The first kappa shape index (κ1) is 17.5. The highest BCUT2D eigenvalue weighted by molar-refractivity contribution is 7.17. The molecule has 1 unspecified atom stereocenters. The predicted molar refractivity (Wildman–Crippen MR) is 96.1 cm³/mol. The molecule has 1 aliphatic rings. The molecule has 5 nitrogen and oxygen atoms in total. The number of halogens is 2. The summed E-state index contributed by atoms with van der Waals surface area (Å²) < 4.78 is 5.34. The number of thiazole rings is 1. The fourth-order valence-electron chi connectivity index (χ4n) is 2.60. The summed E-state index contributed by atoms with van der Waals surface area (Å²) in [6.07, 6.45) is 0. The number of morpholine rings is 1. The lowest BCUT2D eigenvalue weighted by atomic mass is 9.97. The van der Waals surface area contributed by atoms with Gasteiger partial charge in [0.05, 0.1) is 29.0 Å². The van der Waals surface area contributed by atoms with Crippen molar-refractivity contribution in [2.45, 2.75) is 12.8 Å². The van der Waals surface area contributed by atoms with E-state index in [1.54, 1.807) is 12.1 Å². The summed E-state index contributed by atoms with van der Waals surface area (Å²) in [5.74, 6) is -1.16. The van der Waals surface area contributed by atoms with E-state index in [1.807, 2.05) is 13.0 Å². The first-order valence-corrected chi connectivity index (χ1v) is 9.06. The Morgan fingerprint density at radius 1 is 1.33 bits per heavy atom. The van der Waals surface area contributed by atoms with Gasteiger partial charge in [-0.15, -0.1) is 0 Å². The molecule has 1 fully saturated rings. The Morgan fingerprint density at radius 3 is 2.67 bits per heavy atom. The van der Waals surface area contributed by atoms with Gasteiger partial charge in [0, 0.05) is 19.0 Å². The zero-order chi connectivity index (χ0) is 17.3. The number of hydrogen-bond donors (Lipinski definition) is 1. The van der Waals surface area contributed by atoms with Crippen molar-refractivity contribution in [3.8, 4) is 0 Å². The molecule has 1 N–H and O–H groups in total. The van der Waals surface area contributed by atoms with Crippen molar-refractivity contribution in [2.24, 2.45) is 0 Å². The van der Waals surface area contributed by atoms with Crippen LogP contribution in [0.25, 0.3) is 0 Å². The van der Waals surface area contributed by atoms with Gasteiger partial charge < -0.3 is 14.7 Å². The maximum absolute atomic E-state index is 11.7. The van der Waals surface area contributed by atoms with Crippen molar-refractivity contribution in [2.75, 3.05) is 31.2 Å². The lowest BCUT2D eigenvalue weighted by molar-refractivity contribution is 0.0700. The van der Waals surface area contributed by atoms with Crippen LogP contribution in [0.15, 0.2) is 18.2 Å². The van der Waals surface area contributed by atoms with Crippen LogP contribution >= 0.6 is 34.5 Å². The quantitative estimate of drug-likeness (QED) is 0.855. The molecule has 0 aliphatic carbocycles. The SMILES string of the molecule is CC(c1ccc(Cl)c(Cl)c1)c1nc(N2CCOCC2)sc1C(=O)O. The van der Waals surface area contributed by atoms with Crippen molar-refractivity contribution in [1.82, 2.24) is 4.98 Å². The summed E-state index contributed by atoms with van der Waals surface area (Å²) in [6, 6.07) is 5.32. The molecule has 128 valence electrons. The van der Waals surface area contributed by atoms with Crippen LogP contribution in [0.2, 0.25) is 10.0 Å². The van der Waals surface area contributed by atoms with Crippen molar-refractivity contribution in [1.29, 1.82) is 0 Å². The molecule has 2 aromatic rings. The molecule has 0 amide bonds. The number of carboxylic acid groups (broad SMARTS) is 1. The number of anilines is 1. The number of benzene rings is 1. The smallest absolute Gasteiger partial charge is 0.347 e. The average Bonchev–Trinajstić information content (AvgIpc) is 3.03. The van der Waals surface area contributed by atoms with Crippen molar-refractivity contribution < 1.29 is 14.6 Å². The third-order valence-electron chi connectivity index (χ3n) is 3.97. The van der Waals surface area contributed by atoms with E-state index in [0.29, 0.717) is 42.0 Å². The molecule has 8 heteroatoms. The number of hydrogen-bond acceptors (Lipinski definition) is 5. The second-order valence-corrected chi connectivity index (χ2v) is 7.30. The molecule has 0 spiro atoms. The summed E-state index contributed by atoms with van der Waals surface area (Å²) in [7, 11) is 0. The van der Waals surface area contributed by atoms with Crippen molar-refractivity contribution in [3.05, 3.63) is 44.4 Å². The van der Waals surface area contributed by atoms with Gasteiger partial charge in [0.2, 0.25) is 0 Å². The monoisotopic (exact) mass is 386 g/mol. The molecule has 0 bridgehead atoms. The molecule has 1 aromatic heterocycles. The minimum absolute atomic E-state index is 0.197. The molecule has 1 aromatic carbocycles. The van der Waals surface area contributed by atoms with Gasteiger partial charge in [-0.1, -0.05) is 47.5 Å². The van der Waals surface area contributed by atoms with Gasteiger partial charge in [-0.3, -0.25) is 0 Å². The maximum atomic E-state index is 11.7. The van der Waals surface area contributed by atoms with Crippen molar-refractivity contribution in [3.63, 3.8) is 0 Å². The maximum Gasteiger partial charge on any atom is 0.347 e. The summed E-state index contributed by atoms with van der Waals surface area (Å²) in [5, 5.41) is 11.2. The summed E-state index contributed by atoms with van der Waals surface area (Å²) in [6.45, 7) is 4.60. The van der Waals surface area contributed by atoms with Gasteiger partial charge in [-0.25, -0.2) is 9.78 Å². The molecule has 24 heavy (non-hydrogen) atoms. The van der Waals surface area contributed by atoms with Gasteiger partial charge in [0.25, 0.3) is 0 Å². The lowest BCUT2D eigenvalue weighted by Crippen LogP contribution is -2.36. The normalized spacial score (nSPS) is 16.2. The van der Waals surface area contributed by atoms with E-state index in [4.69, 9.17) is 27.9 Å². The summed E-state index contributed by atoms with van der Waals surface area (Å²) >= 11 is 13.3. The predicted octanol–water partition coefficient (Wildman–Crippen LogP) is 4.14. The number of aromatic nitrogens is 1. The van der Waals surface area contributed by atoms with Crippen LogP contribution in [0.4, 0.5) is 5.13 Å². The third-order valence-corrected chi connectivity index (χ3v) is 5.83. The Balaban J connectivity index is 1.97. The van der Waals surface area contributed by atoms with E-state index in [-0.39, 0.29) is 10.8 Å². The van der Waals surface area contributed by atoms with Gasteiger partial charge in [-0.2, -0.15) is 0 Å². The van der Waals surface area contributed by atoms with Gasteiger partial charge in [0.1, 0.15) is 4.88 Å². The Morgan fingerprint density at radius 2 is 2.04 bits per heavy atom. The number of carboxylic acids is 1. The van der Waals surface area contributed by atoms with Gasteiger partial charge >= 0.3 is 5.97 Å². The third kappa shape index (κ3) is 3.52. The van der Waals surface area contributed by atoms with Crippen LogP contribution in [0.1, 0.15) is 33.8 Å². The van der Waals surface area contributed by atoms with E-state index in [2.05, 4.69) is 9.88 Å². The number of ether oxygens (including phenoxy) is 1. The fourth-order valence-corrected chi connectivity index (χ4v) is 3.96. The zero-order valence-corrected chi connectivity index (χ0v) is 15.3. The summed E-state index contributed by atoms with van der Waals surface area (Å²) in [4.78, 5) is 18.6. The average molecular weight is 387 g/mol. The Kier molecular flexibility index (Phi) is 5.30. The van der Waals surface area contributed by atoms with Crippen LogP contribution in [0.3, 0.4) is 0 Å². The number of nitrogens with zero attached hydrogens (tertiary/aromatic N) is 2. The minimum Gasteiger partial charge on any atom is -0.477 e. The minimum atomic E-state index is -0.964. The molecular formula is C16H16Cl2N2O3S. The Bertz CT molecular complexity index is 760. The Hall–Kier alpha value is -1.34. The highest BCUT2D eigenvalue weighted by Gasteiger charge is 2.26. The fraction of sp³-hybridized carbons (Fsp3) is 0.375. The molecular weight excluding hydrogens is 371 g/mol. The lowest BCUT2D eigenvalue weighted by Gasteiger charge is -2.26. The van der Waals surface area contributed by atoms with E-state index < -0.39 is 5.97 Å². The highest BCUT2D eigenvalue weighted by Crippen LogP contribution is 2.36. The Labute approximate surface area is 153 Å². The second kappa shape index (κ2) is 7.27. The zero-order valence-electron chi connectivity index (χ0n) is 13.0. The largest absolute Gasteiger partial charge is 0.477 e. The second-order valence-electron chi connectivity index (χ2n) is 5.51. The first-order valence-electron chi connectivity index (χ1n) is 7.49. The molecule has 1 atom stereocenters. The highest BCUT2D eigenvalue weighted by atomic mass is 35.5. The molecule has 3 rings (SSSR count). The number of aromatic carboxylic acids is 1. The first-order chi connectivity index (χ1) is 11.5. The van der Waals surface area contributed by atoms with Crippen LogP contribution in [-0.2, 0) is 4.74 Å². The summed E-state index contributed by atoms with van der Waals surface area (Å²) in [5.41, 5.74) is 1.43. The molecule has 1 aliphatic heterocycles. The number of carbonyl (C=O) groups is 1. The van der Waals surface area contributed by atoms with Gasteiger partial charge in [0.15, 0.2) is 5.13 Å². The standard InChI is InChI=1S/C16H16Cl2N2O3S/c1-9(10-2-3-11(17)12(18)8-10)13-14(15(21)22)24-16(19-13)20-4-6-23-7-5-20/h2-3,8-9H,4-7H2,1H3,(H,21,22). The van der Waals surface area contributed by atoms with E-state index in [0.717, 1.165) is 10.7 Å². The molecule has 0 saturated carbocycles. The van der Waals surface area contributed by atoms with E-state index in [1.165, 1.54) is 11.3 Å². The number of rotatable bonds is 4. The van der Waals surface area contributed by atoms with Gasteiger partial charge in [-0.05, 0) is 17.7 Å². The van der Waals surface area contributed by atoms with E-state index >= 15 is 0 Å². The van der Waals surface area contributed by atoms with Crippen molar-refractivity contribution >= 4 is 45.6 Å². The van der Waals surface area contributed by atoms with Crippen LogP contribution < -0.4 is 4.90 Å². The molecule has 1 saturated heterocycles. The van der Waals surface area contributed by atoms with Crippen LogP contribution in [-0.4, -0.2) is 42.4 Å². The van der Waals surface area contributed by atoms with E-state index in [9.17, 15) is 9.90 Å². The topological polar surface area (TPSA) is 62.7 Å². The van der Waals surface area contributed by atoms with Crippen LogP contribution in [0, 0.1) is 0 Å². The molecule has 2 heterocycles.